The molecule has 1 aliphatic rings. The summed E-state index contributed by atoms with van der Waals surface area (Å²) in [6.07, 6.45) is 3.43. The van der Waals surface area contributed by atoms with Gasteiger partial charge in [0.1, 0.15) is 10.0 Å². The number of thioether (sulfide) groups is 1. The summed E-state index contributed by atoms with van der Waals surface area (Å²) < 4.78 is 26.6. The third-order valence-corrected chi connectivity index (χ3v) is 5.59. The molecule has 0 atom stereocenters. The Labute approximate surface area is 117 Å². The molecule has 0 spiro atoms. The maximum atomic E-state index is 12.0. The Morgan fingerprint density at radius 2 is 2.11 bits per heavy atom. The quantitative estimate of drug-likeness (QED) is 0.866. The second-order valence-corrected chi connectivity index (χ2v) is 7.60. The van der Waals surface area contributed by atoms with Crippen LogP contribution in [-0.2, 0) is 10.0 Å². The van der Waals surface area contributed by atoms with E-state index in [-0.39, 0.29) is 4.90 Å². The summed E-state index contributed by atoms with van der Waals surface area (Å²) in [6.45, 7) is 0.505. The first kappa shape index (κ1) is 14.1. The van der Waals surface area contributed by atoms with Gasteiger partial charge >= 0.3 is 0 Å². The van der Waals surface area contributed by atoms with Gasteiger partial charge in [0.25, 0.3) is 0 Å². The molecule has 4 nitrogen and oxygen atoms in total. The number of aromatic nitrogens is 1. The highest BCUT2D eigenvalue weighted by Crippen LogP contribution is 2.22. The SMILES string of the molecule is O=S(=O)(NCC1CCSCC1)c1ccc(Cl)nc1. The predicted molar refractivity (Wildman–Crippen MR) is 74.5 cm³/mol. The average molecular weight is 307 g/mol. The number of hydrogen-bond acceptors (Lipinski definition) is 4. The Balaban J connectivity index is 1.96. The lowest BCUT2D eigenvalue weighted by molar-refractivity contribution is 0.476. The van der Waals surface area contributed by atoms with Gasteiger partial charge < -0.3 is 0 Å². The van der Waals surface area contributed by atoms with Crippen molar-refractivity contribution in [3.8, 4) is 0 Å². The van der Waals surface area contributed by atoms with Crippen LogP contribution in [0.25, 0.3) is 0 Å². The lowest BCUT2D eigenvalue weighted by Crippen LogP contribution is -2.31. The van der Waals surface area contributed by atoms with E-state index in [9.17, 15) is 8.42 Å². The van der Waals surface area contributed by atoms with Crippen molar-refractivity contribution in [2.24, 2.45) is 5.92 Å². The van der Waals surface area contributed by atoms with Gasteiger partial charge in [0.2, 0.25) is 10.0 Å². The first-order chi connectivity index (χ1) is 8.58. The van der Waals surface area contributed by atoms with Crippen LogP contribution in [0.15, 0.2) is 23.2 Å². The Bertz CT molecular complexity index is 484. The van der Waals surface area contributed by atoms with E-state index >= 15 is 0 Å². The van der Waals surface area contributed by atoms with Crippen LogP contribution in [0.1, 0.15) is 12.8 Å². The maximum absolute atomic E-state index is 12.0. The summed E-state index contributed by atoms with van der Waals surface area (Å²) in [7, 11) is -3.45. The van der Waals surface area contributed by atoms with E-state index in [1.54, 1.807) is 0 Å². The molecule has 2 heterocycles. The molecular formula is C11H15ClN2O2S2. The van der Waals surface area contributed by atoms with Gasteiger partial charge in [0.15, 0.2) is 0 Å². The molecule has 1 aromatic rings. The molecule has 100 valence electrons. The number of nitrogens with one attached hydrogen (secondary N) is 1. The molecule has 0 unspecified atom stereocenters. The maximum Gasteiger partial charge on any atom is 0.242 e. The van der Waals surface area contributed by atoms with Crippen LogP contribution >= 0.6 is 23.4 Å². The summed E-state index contributed by atoms with van der Waals surface area (Å²) in [4.78, 5) is 3.95. The molecule has 1 aromatic heterocycles. The van der Waals surface area contributed by atoms with E-state index in [0.717, 1.165) is 24.3 Å². The van der Waals surface area contributed by atoms with Crippen LogP contribution in [0.3, 0.4) is 0 Å². The summed E-state index contributed by atoms with van der Waals surface area (Å²) in [5.41, 5.74) is 0. The lowest BCUT2D eigenvalue weighted by Gasteiger charge is -2.21. The van der Waals surface area contributed by atoms with E-state index < -0.39 is 10.0 Å². The fourth-order valence-corrected chi connectivity index (χ4v) is 4.16. The van der Waals surface area contributed by atoms with Crippen LogP contribution in [0.5, 0.6) is 0 Å². The topological polar surface area (TPSA) is 59.1 Å². The third-order valence-electron chi connectivity index (χ3n) is 2.91. The number of nitrogens with zero attached hydrogens (tertiary/aromatic N) is 1. The van der Waals surface area contributed by atoms with E-state index in [0.29, 0.717) is 17.6 Å². The molecule has 0 bridgehead atoms. The number of pyridine rings is 1. The highest BCUT2D eigenvalue weighted by molar-refractivity contribution is 7.99. The van der Waals surface area contributed by atoms with Gasteiger partial charge in [-0.15, -0.1) is 0 Å². The zero-order valence-corrected chi connectivity index (χ0v) is 12.2. The summed E-state index contributed by atoms with van der Waals surface area (Å²) >= 11 is 7.56. The van der Waals surface area contributed by atoms with Crippen molar-refractivity contribution < 1.29 is 8.42 Å². The van der Waals surface area contributed by atoms with E-state index in [2.05, 4.69) is 9.71 Å². The van der Waals surface area contributed by atoms with Gasteiger partial charge in [0.05, 0.1) is 0 Å². The largest absolute Gasteiger partial charge is 0.243 e. The zero-order valence-electron chi connectivity index (χ0n) is 9.80. The molecule has 7 heteroatoms. The van der Waals surface area contributed by atoms with Gasteiger partial charge in [-0.3, -0.25) is 0 Å². The minimum Gasteiger partial charge on any atom is -0.243 e. The van der Waals surface area contributed by atoms with Crippen LogP contribution in [0.2, 0.25) is 5.15 Å². The second-order valence-electron chi connectivity index (χ2n) is 4.22. The lowest BCUT2D eigenvalue weighted by atomic mass is 10.0. The van der Waals surface area contributed by atoms with Crippen molar-refractivity contribution in [1.29, 1.82) is 0 Å². The number of halogens is 1. The standard InChI is InChI=1S/C11H15ClN2O2S2/c12-11-2-1-10(8-13-11)18(15,16)14-7-9-3-5-17-6-4-9/h1-2,8-9,14H,3-7H2. The Hall–Kier alpha value is -0.300. The average Bonchev–Trinajstić information content (AvgIpc) is 2.38. The van der Waals surface area contributed by atoms with Gasteiger partial charge in [-0.1, -0.05) is 11.6 Å². The minimum absolute atomic E-state index is 0.164. The molecule has 0 aliphatic carbocycles. The fourth-order valence-electron chi connectivity index (χ4n) is 1.78. The highest BCUT2D eigenvalue weighted by atomic mass is 35.5. The van der Waals surface area contributed by atoms with Gasteiger partial charge in [0, 0.05) is 12.7 Å². The van der Waals surface area contributed by atoms with Gasteiger partial charge in [-0.2, -0.15) is 11.8 Å². The molecule has 0 aromatic carbocycles. The van der Waals surface area contributed by atoms with Crippen LogP contribution in [-0.4, -0.2) is 31.5 Å². The van der Waals surface area contributed by atoms with Crippen LogP contribution in [0, 0.1) is 5.92 Å². The Morgan fingerprint density at radius 3 is 2.72 bits per heavy atom. The Kier molecular flexibility index (Phi) is 4.89. The van der Waals surface area contributed by atoms with Crippen molar-refractivity contribution in [3.05, 3.63) is 23.5 Å². The molecule has 18 heavy (non-hydrogen) atoms. The van der Waals surface area contributed by atoms with Crippen molar-refractivity contribution in [2.75, 3.05) is 18.1 Å². The third kappa shape index (κ3) is 3.85. The fraction of sp³-hybridized carbons (Fsp3) is 0.545. The van der Waals surface area contributed by atoms with Crippen molar-refractivity contribution in [2.45, 2.75) is 17.7 Å². The number of rotatable bonds is 4. The minimum atomic E-state index is -3.45. The molecule has 1 N–H and O–H groups in total. The summed E-state index contributed by atoms with van der Waals surface area (Å²) in [5, 5.41) is 0.290. The van der Waals surface area contributed by atoms with Crippen LogP contribution in [0.4, 0.5) is 0 Å². The molecule has 0 amide bonds. The zero-order chi connectivity index (χ0) is 13.0. The molecule has 2 rings (SSSR count). The van der Waals surface area contributed by atoms with E-state index in [1.807, 2.05) is 11.8 Å². The van der Waals surface area contributed by atoms with E-state index in [4.69, 9.17) is 11.6 Å². The van der Waals surface area contributed by atoms with Gasteiger partial charge in [-0.25, -0.2) is 18.1 Å². The molecule has 1 fully saturated rings. The molecular weight excluding hydrogens is 292 g/mol. The van der Waals surface area contributed by atoms with E-state index in [1.165, 1.54) is 18.3 Å². The van der Waals surface area contributed by atoms with Crippen molar-refractivity contribution in [1.82, 2.24) is 9.71 Å². The van der Waals surface area contributed by atoms with Gasteiger partial charge in [-0.05, 0) is 42.4 Å². The normalized spacial score (nSPS) is 17.8. The summed E-state index contributed by atoms with van der Waals surface area (Å²) in [5.74, 6) is 2.69. The monoisotopic (exact) mass is 306 g/mol. The Morgan fingerprint density at radius 1 is 1.39 bits per heavy atom. The molecule has 1 aliphatic heterocycles. The molecule has 0 radical (unpaired) electrons. The highest BCUT2D eigenvalue weighted by Gasteiger charge is 2.19. The number of sulfonamides is 1. The van der Waals surface area contributed by atoms with Crippen molar-refractivity contribution >= 4 is 33.4 Å². The second kappa shape index (κ2) is 6.23. The first-order valence-corrected chi connectivity index (χ1v) is 8.78. The first-order valence-electron chi connectivity index (χ1n) is 5.77. The number of hydrogen-bond donors (Lipinski definition) is 1. The summed E-state index contributed by atoms with van der Waals surface area (Å²) in [6, 6.07) is 2.95. The smallest absolute Gasteiger partial charge is 0.242 e. The van der Waals surface area contributed by atoms with Crippen LogP contribution < -0.4 is 4.72 Å². The molecule has 0 saturated carbocycles. The predicted octanol–water partition coefficient (Wildman–Crippen LogP) is 2.16. The van der Waals surface area contributed by atoms with Crippen molar-refractivity contribution in [3.63, 3.8) is 0 Å². The molecule has 1 saturated heterocycles.